The van der Waals surface area contributed by atoms with E-state index in [0.717, 1.165) is 22.9 Å². The number of aromatic amines is 1. The lowest BCUT2D eigenvalue weighted by Crippen LogP contribution is -1.92. The van der Waals surface area contributed by atoms with Crippen LogP contribution < -0.4 is 5.32 Å². The van der Waals surface area contributed by atoms with Gasteiger partial charge in [0, 0.05) is 19.2 Å². The van der Waals surface area contributed by atoms with Gasteiger partial charge in [0.15, 0.2) is 5.95 Å². The van der Waals surface area contributed by atoms with E-state index >= 15 is 0 Å². The van der Waals surface area contributed by atoms with Gasteiger partial charge in [0.25, 0.3) is 0 Å². The van der Waals surface area contributed by atoms with Gasteiger partial charge in [0.05, 0.1) is 5.69 Å². The number of benzene rings is 1. The Morgan fingerprint density at radius 3 is 2.56 bits per heavy atom. The molecule has 0 aliphatic heterocycles. The molecule has 0 saturated carbocycles. The van der Waals surface area contributed by atoms with Gasteiger partial charge < -0.3 is 10.3 Å². The summed E-state index contributed by atoms with van der Waals surface area (Å²) in [5.74, 6) is 0.549. The van der Waals surface area contributed by atoms with Gasteiger partial charge in [-0.15, -0.1) is 0 Å². The molecule has 0 fully saturated rings. The molecule has 4 heteroatoms. The van der Waals surface area contributed by atoms with E-state index in [9.17, 15) is 4.39 Å². The second-order valence-electron chi connectivity index (χ2n) is 3.71. The average Bonchev–Trinajstić information content (AvgIpc) is 2.63. The Morgan fingerprint density at radius 2 is 2.00 bits per heavy atom. The van der Waals surface area contributed by atoms with Gasteiger partial charge in [-0.25, -0.2) is 9.37 Å². The second kappa shape index (κ2) is 4.35. The number of hydrogen-bond donors (Lipinski definition) is 2. The van der Waals surface area contributed by atoms with Crippen molar-refractivity contribution >= 4 is 5.95 Å². The van der Waals surface area contributed by atoms with Crippen LogP contribution in [0.15, 0.2) is 24.3 Å². The van der Waals surface area contributed by atoms with Crippen molar-refractivity contribution in [3.63, 3.8) is 0 Å². The average molecular weight is 219 g/mol. The van der Waals surface area contributed by atoms with Crippen molar-refractivity contribution in [2.24, 2.45) is 0 Å². The summed E-state index contributed by atoms with van der Waals surface area (Å²) in [6.45, 7) is 1.98. The molecule has 0 saturated heterocycles. The molecular formula is C12H14FN3. The fraction of sp³-hybridized carbons (Fsp3) is 0.250. The summed E-state index contributed by atoms with van der Waals surface area (Å²) in [5.41, 5.74) is 3.07. The number of anilines is 1. The van der Waals surface area contributed by atoms with Gasteiger partial charge in [-0.3, -0.25) is 0 Å². The number of nitrogens with zero attached hydrogens (tertiary/aromatic N) is 1. The van der Waals surface area contributed by atoms with Crippen LogP contribution in [0.25, 0.3) is 0 Å². The number of aromatic nitrogens is 2. The zero-order chi connectivity index (χ0) is 11.5. The fourth-order valence-electron chi connectivity index (χ4n) is 1.58. The summed E-state index contributed by atoms with van der Waals surface area (Å²) in [4.78, 5) is 7.52. The molecule has 0 amide bonds. The third-order valence-corrected chi connectivity index (χ3v) is 2.51. The first-order valence-electron chi connectivity index (χ1n) is 5.16. The number of halogens is 1. The van der Waals surface area contributed by atoms with Crippen molar-refractivity contribution in [1.29, 1.82) is 0 Å². The molecule has 2 aromatic rings. The van der Waals surface area contributed by atoms with Gasteiger partial charge in [-0.1, -0.05) is 12.1 Å². The van der Waals surface area contributed by atoms with E-state index in [2.05, 4.69) is 15.3 Å². The maximum atomic E-state index is 12.7. The van der Waals surface area contributed by atoms with E-state index in [0.29, 0.717) is 6.42 Å². The molecule has 0 radical (unpaired) electrons. The normalized spacial score (nSPS) is 10.4. The predicted molar refractivity (Wildman–Crippen MR) is 62.1 cm³/mol. The maximum absolute atomic E-state index is 12.7. The summed E-state index contributed by atoms with van der Waals surface area (Å²) >= 11 is 0. The van der Waals surface area contributed by atoms with Gasteiger partial charge >= 0.3 is 0 Å². The number of rotatable bonds is 3. The molecule has 1 heterocycles. The van der Waals surface area contributed by atoms with Gasteiger partial charge in [-0.2, -0.15) is 0 Å². The maximum Gasteiger partial charge on any atom is 0.200 e. The molecular weight excluding hydrogens is 205 g/mol. The predicted octanol–water partition coefficient (Wildman–Crippen LogP) is 2.49. The zero-order valence-corrected chi connectivity index (χ0v) is 9.34. The lowest BCUT2D eigenvalue weighted by Gasteiger charge is -1.99. The Labute approximate surface area is 93.7 Å². The smallest absolute Gasteiger partial charge is 0.200 e. The molecule has 0 aliphatic rings. The van der Waals surface area contributed by atoms with E-state index in [1.54, 1.807) is 12.1 Å². The molecule has 0 spiro atoms. The number of H-pyrrole nitrogens is 1. The monoisotopic (exact) mass is 219 g/mol. The van der Waals surface area contributed by atoms with Crippen molar-refractivity contribution in [3.05, 3.63) is 47.0 Å². The van der Waals surface area contributed by atoms with Crippen molar-refractivity contribution in [2.75, 3.05) is 12.4 Å². The van der Waals surface area contributed by atoms with Gasteiger partial charge in [-0.05, 0) is 24.6 Å². The third-order valence-electron chi connectivity index (χ3n) is 2.51. The summed E-state index contributed by atoms with van der Waals surface area (Å²) < 4.78 is 12.7. The van der Waals surface area contributed by atoms with Crippen LogP contribution in [0.2, 0.25) is 0 Å². The summed E-state index contributed by atoms with van der Waals surface area (Å²) in [6.07, 6.45) is 0.713. The lowest BCUT2D eigenvalue weighted by atomic mass is 10.1. The molecule has 0 bridgehead atoms. The van der Waals surface area contributed by atoms with Gasteiger partial charge in [0.2, 0.25) is 0 Å². The minimum absolute atomic E-state index is 0.210. The zero-order valence-electron chi connectivity index (χ0n) is 9.34. The van der Waals surface area contributed by atoms with Crippen molar-refractivity contribution in [2.45, 2.75) is 13.3 Å². The molecule has 0 unspecified atom stereocenters. The van der Waals surface area contributed by atoms with E-state index in [1.807, 2.05) is 14.0 Å². The number of imidazole rings is 1. The largest absolute Gasteiger partial charge is 0.359 e. The van der Waals surface area contributed by atoms with Crippen molar-refractivity contribution in [1.82, 2.24) is 9.97 Å². The summed E-state index contributed by atoms with van der Waals surface area (Å²) in [7, 11) is 1.82. The Hall–Kier alpha value is -1.84. The molecule has 1 aromatic heterocycles. The first-order chi connectivity index (χ1) is 7.69. The fourth-order valence-corrected chi connectivity index (χ4v) is 1.58. The third kappa shape index (κ3) is 2.21. The van der Waals surface area contributed by atoms with Crippen LogP contribution >= 0.6 is 0 Å². The SMILES string of the molecule is CNc1nc(Cc2ccc(F)cc2)c(C)[nH]1. The highest BCUT2D eigenvalue weighted by molar-refractivity contribution is 5.33. The number of hydrogen-bond acceptors (Lipinski definition) is 2. The van der Waals surface area contributed by atoms with E-state index < -0.39 is 0 Å². The quantitative estimate of drug-likeness (QED) is 0.832. The Morgan fingerprint density at radius 1 is 1.31 bits per heavy atom. The lowest BCUT2D eigenvalue weighted by molar-refractivity contribution is 0.627. The standard InChI is InChI=1S/C12H14FN3/c1-8-11(16-12(14-2)15-8)7-9-3-5-10(13)6-4-9/h3-6H,7H2,1-2H3,(H2,14,15,16). The number of nitrogens with one attached hydrogen (secondary N) is 2. The Bertz CT molecular complexity index is 474. The van der Waals surface area contributed by atoms with Crippen molar-refractivity contribution in [3.8, 4) is 0 Å². The molecule has 0 atom stereocenters. The first-order valence-corrected chi connectivity index (χ1v) is 5.16. The van der Waals surface area contributed by atoms with Crippen LogP contribution in [0.3, 0.4) is 0 Å². The Kier molecular flexibility index (Phi) is 2.90. The molecule has 1 aromatic carbocycles. The van der Waals surface area contributed by atoms with Crippen LogP contribution in [-0.4, -0.2) is 17.0 Å². The van der Waals surface area contributed by atoms with E-state index in [-0.39, 0.29) is 5.82 Å². The molecule has 0 aliphatic carbocycles. The van der Waals surface area contributed by atoms with Crippen LogP contribution in [0.4, 0.5) is 10.3 Å². The topological polar surface area (TPSA) is 40.7 Å². The highest BCUT2D eigenvalue weighted by Gasteiger charge is 2.06. The minimum atomic E-state index is -0.210. The highest BCUT2D eigenvalue weighted by atomic mass is 19.1. The van der Waals surface area contributed by atoms with E-state index in [1.165, 1.54) is 12.1 Å². The Balaban J connectivity index is 2.19. The molecule has 2 N–H and O–H groups in total. The highest BCUT2D eigenvalue weighted by Crippen LogP contribution is 2.14. The summed E-state index contributed by atoms with van der Waals surface area (Å²) in [6, 6.07) is 6.50. The first kappa shape index (κ1) is 10.7. The molecule has 2 rings (SSSR count). The van der Waals surface area contributed by atoms with Crippen molar-refractivity contribution < 1.29 is 4.39 Å². The minimum Gasteiger partial charge on any atom is -0.359 e. The molecule has 16 heavy (non-hydrogen) atoms. The summed E-state index contributed by atoms with van der Waals surface area (Å²) in [5, 5.41) is 2.96. The van der Waals surface area contributed by atoms with Crippen LogP contribution in [-0.2, 0) is 6.42 Å². The second-order valence-corrected chi connectivity index (χ2v) is 3.71. The van der Waals surface area contributed by atoms with Gasteiger partial charge in [0.1, 0.15) is 5.82 Å². The molecule has 84 valence electrons. The molecule has 3 nitrogen and oxygen atoms in total. The van der Waals surface area contributed by atoms with Crippen LogP contribution in [0, 0.1) is 12.7 Å². The van der Waals surface area contributed by atoms with Crippen LogP contribution in [0.1, 0.15) is 17.0 Å². The van der Waals surface area contributed by atoms with E-state index in [4.69, 9.17) is 0 Å². The number of aryl methyl sites for hydroxylation is 1. The van der Waals surface area contributed by atoms with Crippen LogP contribution in [0.5, 0.6) is 0 Å².